The third-order valence-electron chi connectivity index (χ3n) is 4.76. The molecule has 0 aromatic heterocycles. The lowest BCUT2D eigenvalue weighted by molar-refractivity contribution is -0.119. The molecule has 3 amide bonds. The number of benzene rings is 3. The van der Waals surface area contributed by atoms with Crippen LogP contribution in [0.25, 0.3) is 0 Å². The van der Waals surface area contributed by atoms with E-state index in [1.807, 2.05) is 19.9 Å². The van der Waals surface area contributed by atoms with Crippen LogP contribution < -0.4 is 16.0 Å². The van der Waals surface area contributed by atoms with Gasteiger partial charge in [0.1, 0.15) is 0 Å². The Kier molecular flexibility index (Phi) is 8.12. The van der Waals surface area contributed by atoms with E-state index in [1.165, 1.54) is 12.1 Å². The lowest BCUT2D eigenvalue weighted by Crippen LogP contribution is -2.24. The number of esters is 1. The summed E-state index contributed by atoms with van der Waals surface area (Å²) in [5.41, 5.74) is 2.58. The van der Waals surface area contributed by atoms with Crippen molar-refractivity contribution in [3.05, 3.63) is 95.1 Å². The van der Waals surface area contributed by atoms with Gasteiger partial charge >= 0.3 is 5.97 Å². The molecule has 0 unspecified atom stereocenters. The minimum absolute atomic E-state index is 0.120. The van der Waals surface area contributed by atoms with Gasteiger partial charge in [-0.15, -0.1) is 0 Å². The maximum Gasteiger partial charge on any atom is 0.340 e. The molecule has 0 bridgehead atoms. The third-order valence-corrected chi connectivity index (χ3v) is 4.76. The number of carbonyl (C=O) groups is 4. The second kappa shape index (κ2) is 11.4. The predicted octanol–water partition coefficient (Wildman–Crippen LogP) is 3.79. The Hall–Kier alpha value is -4.46. The van der Waals surface area contributed by atoms with Crippen molar-refractivity contribution in [1.82, 2.24) is 5.32 Å². The molecule has 3 rings (SSSR count). The molecule has 0 aliphatic rings. The average molecular weight is 460 g/mol. The Bertz CT molecular complexity index is 1220. The van der Waals surface area contributed by atoms with Crippen LogP contribution in [-0.2, 0) is 9.53 Å². The quantitative estimate of drug-likeness (QED) is 0.444. The first-order valence-corrected chi connectivity index (χ1v) is 10.7. The molecule has 3 aromatic carbocycles. The number of ether oxygens (including phenoxy) is 1. The number of carbonyl (C=O) groups excluding carboxylic acids is 4. The van der Waals surface area contributed by atoms with Gasteiger partial charge in [0.2, 0.25) is 0 Å². The fourth-order valence-corrected chi connectivity index (χ4v) is 3.16. The first-order chi connectivity index (χ1) is 16.4. The number of amides is 3. The Balaban J connectivity index is 1.61. The van der Waals surface area contributed by atoms with Crippen LogP contribution in [0.15, 0.2) is 72.8 Å². The Morgan fingerprint density at radius 2 is 1.50 bits per heavy atom. The van der Waals surface area contributed by atoms with Crippen LogP contribution in [-0.4, -0.2) is 36.8 Å². The second-order valence-electron chi connectivity index (χ2n) is 7.43. The zero-order valence-corrected chi connectivity index (χ0v) is 18.9. The summed E-state index contributed by atoms with van der Waals surface area (Å²) in [5.74, 6) is -1.95. The molecule has 0 saturated heterocycles. The van der Waals surface area contributed by atoms with E-state index in [0.29, 0.717) is 23.4 Å². The van der Waals surface area contributed by atoms with Gasteiger partial charge in [0, 0.05) is 23.4 Å². The number of para-hydroxylation sites is 1. The number of nitrogens with one attached hydrogen (secondary N) is 3. The molecular weight excluding hydrogens is 434 g/mol. The highest BCUT2D eigenvalue weighted by molar-refractivity contribution is 6.08. The minimum Gasteiger partial charge on any atom is -0.452 e. The summed E-state index contributed by atoms with van der Waals surface area (Å²) in [7, 11) is 0. The number of rotatable bonds is 8. The summed E-state index contributed by atoms with van der Waals surface area (Å²) >= 11 is 0. The summed E-state index contributed by atoms with van der Waals surface area (Å²) in [6, 6.07) is 19.9. The number of hydrogen-bond acceptors (Lipinski definition) is 5. The van der Waals surface area contributed by atoms with Gasteiger partial charge in [-0.1, -0.05) is 35.9 Å². The standard InChI is InChI=1S/C26H25N3O5/c1-3-27-24(31)19-10-7-11-20(15-19)28-23(30)16-34-26(33)21-12-4-5-13-22(21)29-25(32)18-9-6-8-17(2)14-18/h4-15H,3,16H2,1-2H3,(H,27,31)(H,28,30)(H,29,32). The lowest BCUT2D eigenvalue weighted by Gasteiger charge is -2.12. The first kappa shape index (κ1) is 24.2. The first-order valence-electron chi connectivity index (χ1n) is 10.7. The molecular formula is C26H25N3O5. The van der Waals surface area contributed by atoms with Crippen LogP contribution in [0.5, 0.6) is 0 Å². The van der Waals surface area contributed by atoms with Gasteiger partial charge in [0.25, 0.3) is 17.7 Å². The Morgan fingerprint density at radius 3 is 2.24 bits per heavy atom. The van der Waals surface area contributed by atoms with Crippen LogP contribution in [0.4, 0.5) is 11.4 Å². The topological polar surface area (TPSA) is 114 Å². The molecule has 0 atom stereocenters. The van der Waals surface area contributed by atoms with Crippen molar-refractivity contribution in [1.29, 1.82) is 0 Å². The molecule has 3 aromatic rings. The van der Waals surface area contributed by atoms with E-state index >= 15 is 0 Å². The summed E-state index contributed by atoms with van der Waals surface area (Å²) in [6.45, 7) is 3.63. The summed E-state index contributed by atoms with van der Waals surface area (Å²) in [5, 5.41) is 7.99. The van der Waals surface area contributed by atoms with Crippen molar-refractivity contribution in [2.24, 2.45) is 0 Å². The zero-order valence-electron chi connectivity index (χ0n) is 18.9. The van der Waals surface area contributed by atoms with E-state index in [-0.39, 0.29) is 23.1 Å². The van der Waals surface area contributed by atoms with Crippen molar-refractivity contribution >= 4 is 35.1 Å². The second-order valence-corrected chi connectivity index (χ2v) is 7.43. The highest BCUT2D eigenvalue weighted by Crippen LogP contribution is 2.18. The minimum atomic E-state index is -0.758. The van der Waals surface area contributed by atoms with Gasteiger partial charge in [-0.25, -0.2) is 4.79 Å². The molecule has 0 aliphatic heterocycles. The van der Waals surface area contributed by atoms with Crippen molar-refractivity contribution in [3.63, 3.8) is 0 Å². The predicted molar refractivity (Wildman–Crippen MR) is 129 cm³/mol. The van der Waals surface area contributed by atoms with E-state index in [1.54, 1.807) is 54.6 Å². The fraction of sp³-hybridized carbons (Fsp3) is 0.154. The molecule has 0 heterocycles. The summed E-state index contributed by atoms with van der Waals surface area (Å²) < 4.78 is 5.14. The lowest BCUT2D eigenvalue weighted by atomic mass is 10.1. The average Bonchev–Trinajstić information content (AvgIpc) is 2.83. The normalized spacial score (nSPS) is 10.2. The van der Waals surface area contributed by atoms with Gasteiger partial charge in [0.15, 0.2) is 6.61 Å². The van der Waals surface area contributed by atoms with Crippen molar-refractivity contribution in [3.8, 4) is 0 Å². The molecule has 8 heteroatoms. The van der Waals surface area contributed by atoms with E-state index in [4.69, 9.17) is 4.74 Å². The van der Waals surface area contributed by atoms with Gasteiger partial charge in [0.05, 0.1) is 11.3 Å². The van der Waals surface area contributed by atoms with Gasteiger partial charge in [-0.3, -0.25) is 14.4 Å². The molecule has 0 aliphatic carbocycles. The maximum absolute atomic E-state index is 12.6. The van der Waals surface area contributed by atoms with Gasteiger partial charge < -0.3 is 20.7 Å². The SMILES string of the molecule is CCNC(=O)c1cccc(NC(=O)COC(=O)c2ccccc2NC(=O)c2cccc(C)c2)c1. The van der Waals surface area contributed by atoms with E-state index in [0.717, 1.165) is 5.56 Å². The van der Waals surface area contributed by atoms with E-state index < -0.39 is 18.5 Å². The monoisotopic (exact) mass is 459 g/mol. The van der Waals surface area contributed by atoms with Crippen molar-refractivity contribution in [2.45, 2.75) is 13.8 Å². The third kappa shape index (κ3) is 6.52. The molecule has 3 N–H and O–H groups in total. The summed E-state index contributed by atoms with van der Waals surface area (Å²) in [6.07, 6.45) is 0. The van der Waals surface area contributed by atoms with E-state index in [9.17, 15) is 19.2 Å². The number of anilines is 2. The molecule has 34 heavy (non-hydrogen) atoms. The van der Waals surface area contributed by atoms with Gasteiger partial charge in [-0.05, 0) is 56.3 Å². The Morgan fingerprint density at radius 1 is 0.794 bits per heavy atom. The summed E-state index contributed by atoms with van der Waals surface area (Å²) in [4.78, 5) is 49.4. The van der Waals surface area contributed by atoms with E-state index in [2.05, 4.69) is 16.0 Å². The Labute approximate surface area is 197 Å². The van der Waals surface area contributed by atoms with Crippen LogP contribution >= 0.6 is 0 Å². The smallest absolute Gasteiger partial charge is 0.340 e. The fourth-order valence-electron chi connectivity index (χ4n) is 3.16. The van der Waals surface area contributed by atoms with Crippen LogP contribution in [0.3, 0.4) is 0 Å². The van der Waals surface area contributed by atoms with Crippen LogP contribution in [0.1, 0.15) is 43.6 Å². The number of aryl methyl sites for hydroxylation is 1. The molecule has 0 fully saturated rings. The van der Waals surface area contributed by atoms with Crippen LogP contribution in [0.2, 0.25) is 0 Å². The zero-order chi connectivity index (χ0) is 24.5. The number of hydrogen-bond donors (Lipinski definition) is 3. The highest BCUT2D eigenvalue weighted by atomic mass is 16.5. The van der Waals surface area contributed by atoms with Crippen LogP contribution in [0, 0.1) is 6.92 Å². The molecule has 0 saturated carbocycles. The van der Waals surface area contributed by atoms with Crippen molar-refractivity contribution in [2.75, 3.05) is 23.8 Å². The maximum atomic E-state index is 12.6. The molecule has 0 spiro atoms. The molecule has 8 nitrogen and oxygen atoms in total. The van der Waals surface area contributed by atoms with Crippen molar-refractivity contribution < 1.29 is 23.9 Å². The molecule has 0 radical (unpaired) electrons. The van der Waals surface area contributed by atoms with Gasteiger partial charge in [-0.2, -0.15) is 0 Å². The largest absolute Gasteiger partial charge is 0.452 e. The molecule has 174 valence electrons. The highest BCUT2D eigenvalue weighted by Gasteiger charge is 2.17.